The summed E-state index contributed by atoms with van der Waals surface area (Å²) in [5.41, 5.74) is -1.61. The maximum Gasteiger partial charge on any atom is 0.373 e. The van der Waals surface area contributed by atoms with Gasteiger partial charge in [-0.05, 0) is 119 Å². The van der Waals surface area contributed by atoms with Crippen LogP contribution in [0.4, 0.5) is 5.69 Å². The molecule has 2 rings (SSSR count). The monoisotopic (exact) mass is 1110 g/mol. The first-order valence-electron chi connectivity index (χ1n) is 27.1. The summed E-state index contributed by atoms with van der Waals surface area (Å²) in [4.78, 5) is 111. The van der Waals surface area contributed by atoms with E-state index in [0.717, 1.165) is 57.9 Å². The summed E-state index contributed by atoms with van der Waals surface area (Å²) in [6.07, 6.45) is 2.45. The van der Waals surface area contributed by atoms with Gasteiger partial charge in [0.15, 0.2) is 0 Å². The van der Waals surface area contributed by atoms with Gasteiger partial charge in [0.1, 0.15) is 22.4 Å². The fourth-order valence-electron chi connectivity index (χ4n) is 8.67. The average Bonchev–Trinajstić information content (AvgIpc) is 3.31. The second-order valence-corrected chi connectivity index (χ2v) is 26.4. The Morgan fingerprint density at radius 1 is 0.538 bits per heavy atom. The lowest BCUT2D eigenvalue weighted by Gasteiger charge is -2.37. The lowest BCUT2D eigenvalue weighted by molar-refractivity contribution is -0.384. The standard InChI is InChI=1S/C55H99N7O10.2CO2/c1-50(2,3)41-60(42-51(4,5)6)35-31-57-27-26-56(30-34-59(37-46(63)69-52(7,8)9)38-47(64)70-53(10,11)12)28-32-58(33-29-57)36-45(21-19-20-43-22-24-44(25-23-43)62(67)68)61(39-48(65)71-54(13,14)15)40-49(66)72-55(16,17)18;2*2-1-3/h22-25,45H,19-21,26-42H2,1-18H3;;. The molecule has 1 aliphatic rings. The topological polar surface area (TPSA) is 236 Å². The summed E-state index contributed by atoms with van der Waals surface area (Å²) >= 11 is 0. The molecule has 0 bridgehead atoms. The minimum absolute atomic E-state index is 0.0310. The zero-order valence-corrected chi connectivity index (χ0v) is 50.9. The predicted octanol–water partition coefficient (Wildman–Crippen LogP) is 6.40. The van der Waals surface area contributed by atoms with Crippen molar-refractivity contribution >= 4 is 41.9 Å². The van der Waals surface area contributed by atoms with Crippen LogP contribution >= 0.6 is 0 Å². The highest BCUT2D eigenvalue weighted by Gasteiger charge is 2.32. The third kappa shape index (κ3) is 39.4. The molecular weight excluding hydrogens is 1010 g/mol. The largest absolute Gasteiger partial charge is 0.459 e. The van der Waals surface area contributed by atoms with Crippen LogP contribution < -0.4 is 0 Å². The second kappa shape index (κ2) is 34.2. The van der Waals surface area contributed by atoms with E-state index in [1.807, 2.05) is 92.9 Å². The number of nitrogens with zero attached hydrogens (tertiary/aromatic N) is 7. The van der Waals surface area contributed by atoms with Crippen LogP contribution in [0.25, 0.3) is 0 Å². The first-order chi connectivity index (χ1) is 35.6. The van der Waals surface area contributed by atoms with Crippen molar-refractivity contribution in [2.45, 2.75) is 172 Å². The molecule has 1 heterocycles. The number of esters is 4. The molecule has 1 aromatic rings. The van der Waals surface area contributed by atoms with Gasteiger partial charge in [0.25, 0.3) is 5.69 Å². The Balaban J connectivity index is 0.00000941. The van der Waals surface area contributed by atoms with Crippen LogP contribution in [0.5, 0.6) is 0 Å². The van der Waals surface area contributed by atoms with Crippen LogP contribution in [-0.4, -0.2) is 210 Å². The van der Waals surface area contributed by atoms with Gasteiger partial charge in [-0.2, -0.15) is 19.2 Å². The minimum atomic E-state index is -0.737. The fraction of sp³-hybridized carbons (Fsp3) is 0.789. The molecule has 0 saturated carbocycles. The summed E-state index contributed by atoms with van der Waals surface area (Å²) < 4.78 is 23.1. The van der Waals surface area contributed by atoms with Gasteiger partial charge in [-0.1, -0.05) is 53.7 Å². The van der Waals surface area contributed by atoms with Crippen molar-refractivity contribution < 1.29 is 62.2 Å². The molecule has 0 aromatic heterocycles. The zero-order valence-electron chi connectivity index (χ0n) is 50.9. The Kier molecular flexibility index (Phi) is 32.0. The van der Waals surface area contributed by atoms with Gasteiger partial charge in [-0.3, -0.25) is 53.8 Å². The number of non-ortho nitro benzene ring substituents is 1. The smallest absolute Gasteiger partial charge is 0.373 e. The highest BCUT2D eigenvalue weighted by Crippen LogP contribution is 2.22. The van der Waals surface area contributed by atoms with Crippen molar-refractivity contribution in [3.05, 3.63) is 39.9 Å². The van der Waals surface area contributed by atoms with E-state index in [9.17, 15) is 29.3 Å². The number of nitro groups is 1. The maximum atomic E-state index is 13.7. The number of hydrogen-bond acceptors (Lipinski definition) is 20. The average molecular weight is 1110 g/mol. The quantitative estimate of drug-likeness (QED) is 0.0471. The molecule has 78 heavy (non-hydrogen) atoms. The summed E-state index contributed by atoms with van der Waals surface area (Å²) in [6.45, 7) is 45.0. The molecule has 21 heteroatoms. The summed E-state index contributed by atoms with van der Waals surface area (Å²) in [6, 6.07) is 6.32. The number of nitro benzene ring substituents is 1. The van der Waals surface area contributed by atoms with Crippen LogP contribution in [-0.2, 0) is 63.7 Å². The lowest BCUT2D eigenvalue weighted by Crippen LogP contribution is -2.51. The molecule has 1 aliphatic heterocycles. The van der Waals surface area contributed by atoms with Crippen LogP contribution in [0, 0.1) is 20.9 Å². The first kappa shape index (κ1) is 73.0. The number of carbonyl (C=O) groups excluding carboxylic acids is 8. The number of carbonyl (C=O) groups is 4. The van der Waals surface area contributed by atoms with Gasteiger partial charge in [0.05, 0.1) is 31.1 Å². The highest BCUT2D eigenvalue weighted by atomic mass is 16.6. The molecule has 1 aromatic carbocycles. The van der Waals surface area contributed by atoms with E-state index in [0.29, 0.717) is 52.0 Å². The Labute approximate surface area is 466 Å². The number of ether oxygens (including phenoxy) is 4. The van der Waals surface area contributed by atoms with Gasteiger partial charge in [-0.15, -0.1) is 0 Å². The van der Waals surface area contributed by atoms with E-state index in [1.54, 1.807) is 12.1 Å². The Bertz CT molecular complexity index is 1940. The van der Waals surface area contributed by atoms with Gasteiger partial charge < -0.3 is 23.8 Å². The van der Waals surface area contributed by atoms with Crippen molar-refractivity contribution in [2.75, 3.05) is 111 Å². The molecule has 1 unspecified atom stereocenters. The molecule has 21 nitrogen and oxygen atoms in total. The molecule has 1 saturated heterocycles. The van der Waals surface area contributed by atoms with E-state index < -0.39 is 51.2 Å². The van der Waals surface area contributed by atoms with Gasteiger partial charge in [0.2, 0.25) is 0 Å². The van der Waals surface area contributed by atoms with Gasteiger partial charge >= 0.3 is 36.2 Å². The Morgan fingerprint density at radius 3 is 1.18 bits per heavy atom. The predicted molar refractivity (Wildman–Crippen MR) is 296 cm³/mol. The molecule has 446 valence electrons. The summed E-state index contributed by atoms with van der Waals surface area (Å²) in [5.74, 6) is -1.70. The van der Waals surface area contributed by atoms with Crippen molar-refractivity contribution in [3.63, 3.8) is 0 Å². The van der Waals surface area contributed by atoms with Crippen LogP contribution in [0.3, 0.4) is 0 Å². The van der Waals surface area contributed by atoms with Crippen molar-refractivity contribution in [3.8, 4) is 0 Å². The fourth-order valence-corrected chi connectivity index (χ4v) is 8.67. The van der Waals surface area contributed by atoms with Crippen LogP contribution in [0.2, 0.25) is 0 Å². The minimum Gasteiger partial charge on any atom is -0.459 e. The number of hydrogen-bond donors (Lipinski definition) is 0. The van der Waals surface area contributed by atoms with E-state index in [-0.39, 0.29) is 61.0 Å². The van der Waals surface area contributed by atoms with Crippen molar-refractivity contribution in [1.29, 1.82) is 0 Å². The molecule has 1 atom stereocenters. The third-order valence-corrected chi connectivity index (χ3v) is 11.2. The molecule has 0 radical (unpaired) electrons. The molecule has 0 amide bonds. The van der Waals surface area contributed by atoms with Crippen molar-refractivity contribution in [1.82, 2.24) is 29.4 Å². The maximum absolute atomic E-state index is 13.7. The molecule has 1 fully saturated rings. The van der Waals surface area contributed by atoms with Crippen LogP contribution in [0.15, 0.2) is 24.3 Å². The van der Waals surface area contributed by atoms with Gasteiger partial charge in [0, 0.05) is 103 Å². The number of aryl methyl sites for hydroxylation is 1. The van der Waals surface area contributed by atoms with Crippen LogP contribution in [0.1, 0.15) is 143 Å². The summed E-state index contributed by atoms with van der Waals surface area (Å²) in [5, 5.41) is 11.4. The number of benzene rings is 1. The zero-order chi connectivity index (χ0) is 60.3. The SMILES string of the molecule is CC(C)(C)CN(CCN1CCN(CCN(CC(=O)OC(C)(C)C)CC(=O)OC(C)(C)C)CCN(CC(CCCc2ccc([N+](=O)[O-])cc2)N(CC(=O)OC(C)(C)C)CC(=O)OC(C)(C)C)CC1)CC(C)(C)C.O=C=O.O=C=O. The molecule has 0 spiro atoms. The third-order valence-electron chi connectivity index (χ3n) is 11.2. The Morgan fingerprint density at radius 2 is 0.859 bits per heavy atom. The molecule has 0 aliphatic carbocycles. The molecular formula is C57H99N7O14. The number of rotatable bonds is 24. The van der Waals surface area contributed by atoms with E-state index in [4.69, 9.17) is 38.1 Å². The van der Waals surface area contributed by atoms with Crippen molar-refractivity contribution in [2.24, 2.45) is 10.8 Å². The van der Waals surface area contributed by atoms with Gasteiger partial charge in [-0.25, -0.2) is 0 Å². The van der Waals surface area contributed by atoms with E-state index in [1.165, 1.54) is 12.1 Å². The summed E-state index contributed by atoms with van der Waals surface area (Å²) in [7, 11) is 0. The first-order valence-corrected chi connectivity index (χ1v) is 27.1. The second-order valence-electron chi connectivity index (χ2n) is 26.4. The normalized spacial score (nSPS) is 15.0. The lowest BCUT2D eigenvalue weighted by atomic mass is 9.92. The van der Waals surface area contributed by atoms with E-state index in [2.05, 4.69) is 61.1 Å². The molecule has 0 N–H and O–H groups in total. The van der Waals surface area contributed by atoms with E-state index >= 15 is 0 Å². The Hall–Kier alpha value is -4.98. The highest BCUT2D eigenvalue weighted by molar-refractivity contribution is 5.76.